The molecule has 0 spiro atoms. The molecule has 0 atom stereocenters. The molecule has 0 aliphatic carbocycles. The minimum atomic E-state index is -1.19. The molecule has 4 rings (SSSR count). The summed E-state index contributed by atoms with van der Waals surface area (Å²) in [6.07, 6.45) is 2.74. The van der Waals surface area contributed by atoms with Crippen LogP contribution < -0.4 is 25.2 Å². The highest BCUT2D eigenvalue weighted by Gasteiger charge is 2.31. The molecule has 1 aliphatic heterocycles. The first kappa shape index (κ1) is 25.4. The molecule has 1 fully saturated rings. The Morgan fingerprint density at radius 2 is 1.89 bits per heavy atom. The lowest BCUT2D eigenvalue weighted by atomic mass is 10.1. The van der Waals surface area contributed by atoms with Crippen LogP contribution in [-0.4, -0.2) is 61.0 Å². The van der Waals surface area contributed by atoms with E-state index in [0.29, 0.717) is 35.4 Å². The van der Waals surface area contributed by atoms with Crippen LogP contribution in [-0.2, 0) is 14.3 Å². The van der Waals surface area contributed by atoms with Gasteiger partial charge >= 0.3 is 0 Å². The highest BCUT2D eigenvalue weighted by molar-refractivity contribution is 7.23. The van der Waals surface area contributed by atoms with Crippen LogP contribution in [0.25, 0.3) is 16.3 Å². The Bertz CT molecular complexity index is 1270. The molecule has 11 heteroatoms. The summed E-state index contributed by atoms with van der Waals surface area (Å²) in [5, 5.41) is 11.9. The van der Waals surface area contributed by atoms with Crippen molar-refractivity contribution in [1.29, 1.82) is 0 Å². The molecule has 1 aliphatic rings. The summed E-state index contributed by atoms with van der Waals surface area (Å²) < 4.78 is 17.9. The lowest BCUT2D eigenvalue weighted by molar-refractivity contribution is -0.128. The van der Waals surface area contributed by atoms with Crippen LogP contribution in [0.3, 0.4) is 0 Å². The third-order valence-corrected chi connectivity index (χ3v) is 6.61. The second kappa shape index (κ2) is 10.9. The van der Waals surface area contributed by atoms with Crippen molar-refractivity contribution in [3.8, 4) is 11.5 Å². The number of nitrogens with one attached hydrogen (secondary N) is 2. The second-order valence-corrected chi connectivity index (χ2v) is 9.53. The van der Waals surface area contributed by atoms with E-state index >= 15 is 0 Å². The van der Waals surface area contributed by atoms with Gasteiger partial charge in [-0.2, -0.15) is 0 Å². The van der Waals surface area contributed by atoms with Gasteiger partial charge in [-0.1, -0.05) is 23.5 Å². The molecule has 2 amide bonds. The minimum absolute atomic E-state index is 0.350. The average Bonchev–Trinajstić information content (AvgIpc) is 3.31. The van der Waals surface area contributed by atoms with Gasteiger partial charge in [0.1, 0.15) is 17.0 Å². The summed E-state index contributed by atoms with van der Waals surface area (Å²) in [6, 6.07) is 10.8. The maximum absolute atomic E-state index is 13.1. The fourth-order valence-corrected chi connectivity index (χ4v) is 4.70. The van der Waals surface area contributed by atoms with Gasteiger partial charge in [-0.25, -0.2) is 10.5 Å². The standard InChI is InChI=1S/C25H28N4O6S/c1-25(2,35-17-7-4-16(5-8-17)6-11-20(30)28-32)23(31)27-24-26-21-19(33-3)10-9-18(22(21)36-24)29-12-14-34-15-13-29/h4-11,32H,12-15H2,1-3H3,(H,28,30)(H,26,27,31)/b11-6+. The van der Waals surface area contributed by atoms with E-state index in [2.05, 4.69) is 15.2 Å². The number of ether oxygens (including phenoxy) is 3. The molecule has 2 heterocycles. The molecular formula is C25H28N4O6S. The van der Waals surface area contributed by atoms with Crippen LogP contribution in [0.2, 0.25) is 0 Å². The molecule has 0 saturated carbocycles. The summed E-state index contributed by atoms with van der Waals surface area (Å²) in [4.78, 5) is 31.1. The van der Waals surface area contributed by atoms with Crippen molar-refractivity contribution < 1.29 is 29.0 Å². The number of carbonyl (C=O) groups is 2. The van der Waals surface area contributed by atoms with E-state index in [9.17, 15) is 9.59 Å². The monoisotopic (exact) mass is 512 g/mol. The van der Waals surface area contributed by atoms with E-state index < -0.39 is 11.5 Å². The fraction of sp³-hybridized carbons (Fsp3) is 0.320. The van der Waals surface area contributed by atoms with Gasteiger partial charge in [-0.3, -0.25) is 20.1 Å². The number of rotatable bonds is 8. The van der Waals surface area contributed by atoms with E-state index in [0.717, 1.165) is 29.0 Å². The molecular weight excluding hydrogens is 484 g/mol. The van der Waals surface area contributed by atoms with Crippen molar-refractivity contribution in [3.05, 3.63) is 48.0 Å². The van der Waals surface area contributed by atoms with Gasteiger partial charge in [0.15, 0.2) is 10.7 Å². The number of hydrogen-bond donors (Lipinski definition) is 3. The molecule has 0 unspecified atom stereocenters. The maximum Gasteiger partial charge on any atom is 0.269 e. The van der Waals surface area contributed by atoms with E-state index in [4.69, 9.17) is 19.4 Å². The first-order valence-electron chi connectivity index (χ1n) is 11.3. The fourth-order valence-electron chi connectivity index (χ4n) is 3.69. The lowest BCUT2D eigenvalue weighted by Crippen LogP contribution is -2.42. The number of amides is 2. The van der Waals surface area contributed by atoms with E-state index in [1.165, 1.54) is 22.9 Å². The molecule has 3 N–H and O–H groups in total. The third-order valence-electron chi connectivity index (χ3n) is 5.62. The molecule has 10 nitrogen and oxygen atoms in total. The first-order chi connectivity index (χ1) is 17.3. The highest BCUT2D eigenvalue weighted by Crippen LogP contribution is 2.40. The van der Waals surface area contributed by atoms with Crippen LogP contribution in [0.4, 0.5) is 10.8 Å². The van der Waals surface area contributed by atoms with Gasteiger partial charge in [0.25, 0.3) is 11.8 Å². The van der Waals surface area contributed by atoms with E-state index in [1.54, 1.807) is 51.3 Å². The van der Waals surface area contributed by atoms with E-state index in [-0.39, 0.29) is 5.91 Å². The van der Waals surface area contributed by atoms with Gasteiger partial charge in [0.05, 0.1) is 30.7 Å². The van der Waals surface area contributed by atoms with Crippen LogP contribution >= 0.6 is 11.3 Å². The van der Waals surface area contributed by atoms with Crippen LogP contribution in [0, 0.1) is 0 Å². The zero-order valence-electron chi connectivity index (χ0n) is 20.2. The van der Waals surface area contributed by atoms with Crippen molar-refractivity contribution >= 4 is 50.3 Å². The number of nitrogens with zero attached hydrogens (tertiary/aromatic N) is 2. The number of benzene rings is 2. The van der Waals surface area contributed by atoms with Crippen molar-refractivity contribution in [1.82, 2.24) is 10.5 Å². The average molecular weight is 513 g/mol. The first-order valence-corrected chi connectivity index (χ1v) is 12.2. The van der Waals surface area contributed by atoms with Gasteiger partial charge in [-0.05, 0) is 49.8 Å². The number of fused-ring (bicyclic) bond motifs is 1. The SMILES string of the molecule is COc1ccc(N2CCOCC2)c2sc(NC(=O)C(C)(C)Oc3ccc(/C=C/C(=O)NO)cc3)nc12. The number of aromatic nitrogens is 1. The van der Waals surface area contributed by atoms with Crippen molar-refractivity contribution in [3.63, 3.8) is 0 Å². The molecule has 0 radical (unpaired) electrons. The Kier molecular flexibility index (Phi) is 7.73. The van der Waals surface area contributed by atoms with Gasteiger partial charge < -0.3 is 19.1 Å². The topological polar surface area (TPSA) is 122 Å². The zero-order chi connectivity index (χ0) is 25.7. The summed E-state index contributed by atoms with van der Waals surface area (Å²) in [5.41, 5.74) is 2.80. The van der Waals surface area contributed by atoms with E-state index in [1.807, 2.05) is 12.1 Å². The Hall–Kier alpha value is -3.67. The zero-order valence-corrected chi connectivity index (χ0v) is 21.1. The van der Waals surface area contributed by atoms with Crippen molar-refractivity contribution in [2.24, 2.45) is 0 Å². The molecule has 1 aromatic heterocycles. The predicted octanol–water partition coefficient (Wildman–Crippen LogP) is 3.46. The number of carbonyl (C=O) groups excluding carboxylic acids is 2. The minimum Gasteiger partial charge on any atom is -0.494 e. The number of hydrogen-bond acceptors (Lipinski definition) is 9. The van der Waals surface area contributed by atoms with Gasteiger partial charge in [0.2, 0.25) is 0 Å². The Morgan fingerprint density at radius 1 is 1.17 bits per heavy atom. The molecule has 36 heavy (non-hydrogen) atoms. The van der Waals surface area contributed by atoms with Crippen molar-refractivity contribution in [2.75, 3.05) is 43.6 Å². The van der Waals surface area contributed by atoms with Gasteiger partial charge in [-0.15, -0.1) is 0 Å². The Morgan fingerprint density at radius 3 is 2.56 bits per heavy atom. The lowest BCUT2D eigenvalue weighted by Gasteiger charge is -2.29. The molecule has 190 valence electrons. The third kappa shape index (κ3) is 5.76. The maximum atomic E-state index is 13.1. The molecule has 2 aromatic carbocycles. The molecule has 3 aromatic rings. The normalized spacial score (nSPS) is 14.2. The Labute approximate surface area is 212 Å². The summed E-state index contributed by atoms with van der Waals surface area (Å²) in [7, 11) is 1.60. The second-order valence-electron chi connectivity index (χ2n) is 8.53. The quantitative estimate of drug-likeness (QED) is 0.238. The summed E-state index contributed by atoms with van der Waals surface area (Å²) >= 11 is 1.39. The summed E-state index contributed by atoms with van der Waals surface area (Å²) in [6.45, 7) is 6.24. The number of morpholine rings is 1. The van der Waals surface area contributed by atoms with Crippen LogP contribution in [0.1, 0.15) is 19.4 Å². The van der Waals surface area contributed by atoms with Crippen LogP contribution in [0.15, 0.2) is 42.5 Å². The molecule has 0 bridgehead atoms. The summed E-state index contributed by atoms with van der Waals surface area (Å²) in [5.74, 6) is 0.147. The Balaban J connectivity index is 1.49. The highest BCUT2D eigenvalue weighted by atomic mass is 32.1. The van der Waals surface area contributed by atoms with Gasteiger partial charge in [0, 0.05) is 19.2 Å². The molecule has 1 saturated heterocycles. The largest absolute Gasteiger partial charge is 0.494 e. The smallest absolute Gasteiger partial charge is 0.269 e. The number of hydroxylamine groups is 1. The predicted molar refractivity (Wildman–Crippen MR) is 138 cm³/mol. The van der Waals surface area contributed by atoms with Crippen LogP contribution in [0.5, 0.6) is 11.5 Å². The number of anilines is 2. The van der Waals surface area contributed by atoms with Crippen molar-refractivity contribution in [2.45, 2.75) is 19.4 Å². The number of thiazole rings is 1. The number of methoxy groups -OCH3 is 1.